The zero-order valence-electron chi connectivity index (χ0n) is 17.7. The molecule has 31 heavy (non-hydrogen) atoms. The van der Waals surface area contributed by atoms with Crippen LogP contribution in [-0.2, 0) is 11.2 Å². The van der Waals surface area contributed by atoms with Crippen LogP contribution in [0, 0.1) is 11.7 Å². The molecule has 0 saturated carbocycles. The van der Waals surface area contributed by atoms with Gasteiger partial charge < -0.3 is 9.64 Å². The van der Waals surface area contributed by atoms with Crippen LogP contribution in [0.3, 0.4) is 0 Å². The van der Waals surface area contributed by atoms with Gasteiger partial charge in [-0.05, 0) is 86.8 Å². The Kier molecular flexibility index (Phi) is 5.65. The fourth-order valence-corrected chi connectivity index (χ4v) is 6.24. The first-order chi connectivity index (χ1) is 15.0. The van der Waals surface area contributed by atoms with Gasteiger partial charge in [-0.1, -0.05) is 23.5 Å². The lowest BCUT2D eigenvalue weighted by Gasteiger charge is -2.38. The fraction of sp³-hybridized carbons (Fsp3) is 0.440. The molecule has 4 nitrogen and oxygen atoms in total. The van der Waals surface area contributed by atoms with E-state index in [0.717, 1.165) is 28.3 Å². The molecule has 3 heterocycles. The Labute approximate surface area is 186 Å². The summed E-state index contributed by atoms with van der Waals surface area (Å²) in [5, 5.41) is 0.528. The number of amides is 1. The summed E-state index contributed by atoms with van der Waals surface area (Å²) in [6, 6.07) is 13.7. The molecule has 2 saturated heterocycles. The third-order valence-corrected chi connectivity index (χ3v) is 7.63. The number of hydrogen-bond donors (Lipinski definition) is 0. The van der Waals surface area contributed by atoms with E-state index < -0.39 is 0 Å². The number of ether oxygens (including phenoxy) is 1. The van der Waals surface area contributed by atoms with Crippen molar-refractivity contribution in [3.8, 4) is 10.9 Å². The molecule has 1 aromatic heterocycles. The van der Waals surface area contributed by atoms with Gasteiger partial charge in [-0.3, -0.25) is 4.79 Å². The van der Waals surface area contributed by atoms with E-state index in [4.69, 9.17) is 4.74 Å². The average Bonchev–Trinajstić information content (AvgIpc) is 3.26. The number of piperidine rings is 1. The molecular weight excluding hydrogens is 411 g/mol. The zero-order valence-corrected chi connectivity index (χ0v) is 18.5. The molecule has 1 unspecified atom stereocenters. The fourth-order valence-electron chi connectivity index (χ4n) is 5.38. The summed E-state index contributed by atoms with van der Waals surface area (Å²) in [7, 11) is 0. The second-order valence-electron chi connectivity index (χ2n) is 8.88. The lowest BCUT2D eigenvalue weighted by Crippen LogP contribution is -2.45. The van der Waals surface area contributed by atoms with E-state index in [1.54, 1.807) is 13.0 Å². The number of aromatic nitrogens is 1. The Morgan fingerprint density at radius 3 is 2.61 bits per heavy atom. The quantitative estimate of drug-likeness (QED) is 0.451. The summed E-state index contributed by atoms with van der Waals surface area (Å²) in [5.41, 5.74) is 2.06. The van der Waals surface area contributed by atoms with E-state index in [9.17, 15) is 9.18 Å². The number of nitrogens with zero attached hydrogens (tertiary/aromatic N) is 2. The van der Waals surface area contributed by atoms with Crippen LogP contribution in [0.1, 0.15) is 51.0 Å². The van der Waals surface area contributed by atoms with E-state index in [1.165, 1.54) is 67.6 Å². The first-order valence-electron chi connectivity index (χ1n) is 11.2. The number of aryl methyl sites for hydroxylation is 1. The Balaban J connectivity index is 1.12. The highest BCUT2D eigenvalue weighted by atomic mass is 32.1. The zero-order chi connectivity index (χ0) is 21.4. The van der Waals surface area contributed by atoms with Gasteiger partial charge in [0.1, 0.15) is 11.6 Å². The molecule has 0 spiro atoms. The molecule has 0 radical (unpaired) electrons. The molecule has 5 rings (SSSR count). The number of carbonyl (C=O) groups excluding carboxylic acids is 1. The maximum absolute atomic E-state index is 13.4. The minimum Gasteiger partial charge on any atom is -0.431 e. The Morgan fingerprint density at radius 2 is 1.90 bits per heavy atom. The third kappa shape index (κ3) is 4.45. The van der Waals surface area contributed by atoms with Gasteiger partial charge in [0.25, 0.3) is 5.19 Å². The summed E-state index contributed by atoms with van der Waals surface area (Å²) >= 11 is 1.35. The van der Waals surface area contributed by atoms with Gasteiger partial charge in [0.15, 0.2) is 0 Å². The molecule has 3 atom stereocenters. The molecule has 2 aliphatic heterocycles. The van der Waals surface area contributed by atoms with Crippen LogP contribution >= 0.6 is 11.3 Å². The smallest absolute Gasteiger partial charge is 0.279 e. The molecule has 6 heteroatoms. The summed E-state index contributed by atoms with van der Waals surface area (Å²) < 4.78 is 20.0. The van der Waals surface area contributed by atoms with E-state index >= 15 is 0 Å². The maximum Gasteiger partial charge on any atom is 0.279 e. The van der Waals surface area contributed by atoms with E-state index in [0.29, 0.717) is 17.3 Å². The molecule has 1 amide bonds. The van der Waals surface area contributed by atoms with Crippen molar-refractivity contribution in [2.24, 2.45) is 5.92 Å². The van der Waals surface area contributed by atoms with E-state index in [2.05, 4.69) is 22.0 Å². The molecule has 162 valence electrons. The predicted octanol–water partition coefficient (Wildman–Crippen LogP) is 6.34. The number of rotatable bonds is 6. The largest absolute Gasteiger partial charge is 0.431 e. The van der Waals surface area contributed by atoms with Gasteiger partial charge in [0.05, 0.1) is 10.2 Å². The predicted molar refractivity (Wildman–Crippen MR) is 121 cm³/mol. The SMILES string of the molecule is CC(=O)N1[C@@H]2CC[C@H]1CC(CCCc1ccc(Oc3nc4ccc(F)cc4s3)cc1)C2. The monoisotopic (exact) mass is 438 g/mol. The lowest BCUT2D eigenvalue weighted by molar-refractivity contribution is -0.133. The molecule has 0 aliphatic carbocycles. The highest BCUT2D eigenvalue weighted by Crippen LogP contribution is 2.40. The maximum atomic E-state index is 13.4. The standard InChI is InChI=1S/C25H27FN2O2S/c1-16(29)28-20-8-9-21(28)14-18(13-20)4-2-3-17-5-10-22(11-6-17)30-25-27-23-12-7-19(26)15-24(23)31-25/h5-7,10-12,15,18,20-21H,2-4,8-9,13-14H2,1H3/t18?,20-,21+. The summed E-state index contributed by atoms with van der Waals surface area (Å²) in [5.74, 6) is 1.49. The third-order valence-electron chi connectivity index (χ3n) is 6.73. The van der Waals surface area contributed by atoms with Crippen LogP contribution in [0.15, 0.2) is 42.5 Å². The van der Waals surface area contributed by atoms with Gasteiger partial charge >= 0.3 is 0 Å². The van der Waals surface area contributed by atoms with Crippen molar-refractivity contribution in [1.29, 1.82) is 0 Å². The van der Waals surface area contributed by atoms with Crippen molar-refractivity contribution in [2.75, 3.05) is 0 Å². The van der Waals surface area contributed by atoms with Gasteiger partial charge in [-0.15, -0.1) is 0 Å². The second kappa shape index (κ2) is 8.58. The molecule has 3 aromatic rings. The molecule has 2 fully saturated rings. The number of fused-ring (bicyclic) bond motifs is 3. The molecule has 2 aromatic carbocycles. The van der Waals surface area contributed by atoms with Gasteiger partial charge in [0, 0.05) is 19.0 Å². The van der Waals surface area contributed by atoms with E-state index in [-0.39, 0.29) is 11.7 Å². The lowest BCUT2D eigenvalue weighted by atomic mass is 9.86. The highest BCUT2D eigenvalue weighted by Gasteiger charge is 2.41. The van der Waals surface area contributed by atoms with Crippen LogP contribution in [0.2, 0.25) is 0 Å². The topological polar surface area (TPSA) is 42.4 Å². The highest BCUT2D eigenvalue weighted by molar-refractivity contribution is 7.20. The summed E-state index contributed by atoms with van der Waals surface area (Å²) in [6.45, 7) is 1.72. The van der Waals surface area contributed by atoms with Crippen LogP contribution in [0.5, 0.6) is 10.9 Å². The molecular formula is C25H27FN2O2S. The van der Waals surface area contributed by atoms with Crippen LogP contribution in [-0.4, -0.2) is 27.9 Å². The number of halogens is 1. The normalized spacial score (nSPS) is 22.8. The van der Waals surface area contributed by atoms with Crippen molar-refractivity contribution in [3.63, 3.8) is 0 Å². The Morgan fingerprint density at radius 1 is 1.16 bits per heavy atom. The number of benzene rings is 2. The summed E-state index contributed by atoms with van der Waals surface area (Å²) in [4.78, 5) is 18.4. The second-order valence-corrected chi connectivity index (χ2v) is 9.87. The molecule has 2 bridgehead atoms. The molecule has 2 aliphatic rings. The van der Waals surface area contributed by atoms with Crippen molar-refractivity contribution in [2.45, 2.75) is 64.0 Å². The minimum atomic E-state index is -0.260. The Hall–Kier alpha value is -2.47. The van der Waals surface area contributed by atoms with Crippen molar-refractivity contribution < 1.29 is 13.9 Å². The number of carbonyl (C=O) groups is 1. The van der Waals surface area contributed by atoms with Crippen LogP contribution in [0.25, 0.3) is 10.2 Å². The summed E-state index contributed by atoms with van der Waals surface area (Å²) in [6.07, 6.45) is 8.19. The van der Waals surface area contributed by atoms with E-state index in [1.807, 2.05) is 12.1 Å². The minimum absolute atomic E-state index is 0.256. The van der Waals surface area contributed by atoms with Crippen LogP contribution < -0.4 is 4.74 Å². The average molecular weight is 439 g/mol. The molecule has 0 N–H and O–H groups in total. The number of hydrogen-bond acceptors (Lipinski definition) is 4. The van der Waals surface area contributed by atoms with Gasteiger partial charge in [-0.25, -0.2) is 9.37 Å². The number of thiazole rings is 1. The van der Waals surface area contributed by atoms with Crippen LogP contribution in [0.4, 0.5) is 4.39 Å². The first-order valence-corrected chi connectivity index (χ1v) is 12.0. The first kappa shape index (κ1) is 20.4. The van der Waals surface area contributed by atoms with Crippen molar-refractivity contribution in [1.82, 2.24) is 9.88 Å². The van der Waals surface area contributed by atoms with Gasteiger partial charge in [0.2, 0.25) is 5.91 Å². The van der Waals surface area contributed by atoms with Crippen molar-refractivity contribution >= 4 is 27.5 Å². The Bertz CT molecular complexity index is 1070. The van der Waals surface area contributed by atoms with Gasteiger partial charge in [-0.2, -0.15) is 0 Å². The van der Waals surface area contributed by atoms with Crippen molar-refractivity contribution in [3.05, 3.63) is 53.8 Å².